The van der Waals surface area contributed by atoms with Crippen LogP contribution in [0.2, 0.25) is 0 Å². The highest BCUT2D eigenvalue weighted by Crippen LogP contribution is 2.27. The lowest BCUT2D eigenvalue weighted by molar-refractivity contribution is 0.206. The zero-order chi connectivity index (χ0) is 15.4. The molecule has 1 unspecified atom stereocenters. The molecule has 1 aromatic heterocycles. The third-order valence-corrected chi connectivity index (χ3v) is 4.18. The lowest BCUT2D eigenvalue weighted by Gasteiger charge is -2.29. The topological polar surface area (TPSA) is 47.1 Å². The zero-order valence-electron chi connectivity index (χ0n) is 13.5. The summed E-state index contributed by atoms with van der Waals surface area (Å²) in [6.07, 6.45) is 0. The van der Waals surface area contributed by atoms with Crippen LogP contribution >= 0.6 is 0 Å². The third kappa shape index (κ3) is 3.52. The predicted molar refractivity (Wildman–Crippen MR) is 87.0 cm³/mol. The molecule has 0 radical (unpaired) electrons. The van der Waals surface area contributed by atoms with E-state index in [-0.39, 0.29) is 0 Å². The molecule has 4 heteroatoms. The van der Waals surface area contributed by atoms with Crippen molar-refractivity contribution in [2.45, 2.75) is 33.4 Å². The van der Waals surface area contributed by atoms with Gasteiger partial charge in [-0.25, -0.2) is 0 Å². The van der Waals surface area contributed by atoms with Crippen molar-refractivity contribution in [3.63, 3.8) is 0 Å². The summed E-state index contributed by atoms with van der Waals surface area (Å²) in [6.45, 7) is 8.92. The van der Waals surface area contributed by atoms with E-state index in [1.807, 2.05) is 11.7 Å². The Hall–Kier alpha value is -1.65. The fraction of sp³-hybridized carbons (Fsp3) is 0.471. The highest BCUT2D eigenvalue weighted by molar-refractivity contribution is 5.28. The molecule has 0 spiro atoms. The van der Waals surface area contributed by atoms with Gasteiger partial charge in [-0.2, -0.15) is 5.10 Å². The number of rotatable bonds is 6. The van der Waals surface area contributed by atoms with Crippen molar-refractivity contribution in [1.82, 2.24) is 14.7 Å². The van der Waals surface area contributed by atoms with Gasteiger partial charge in [-0.15, -0.1) is 0 Å². The molecule has 4 nitrogen and oxygen atoms in total. The van der Waals surface area contributed by atoms with Crippen molar-refractivity contribution >= 4 is 0 Å². The van der Waals surface area contributed by atoms with Crippen LogP contribution in [0.25, 0.3) is 0 Å². The molecule has 1 atom stereocenters. The Balaban J connectivity index is 2.25. The summed E-state index contributed by atoms with van der Waals surface area (Å²) < 4.78 is 1.96. The SMILES string of the molecule is Cc1nn(C)c(C)c1C(C)N(CCN)Cc1ccccc1. The zero-order valence-corrected chi connectivity index (χ0v) is 13.5. The van der Waals surface area contributed by atoms with E-state index in [2.05, 4.69) is 61.1 Å². The molecule has 0 saturated heterocycles. The van der Waals surface area contributed by atoms with Gasteiger partial charge in [0, 0.05) is 44.0 Å². The third-order valence-electron chi connectivity index (χ3n) is 4.18. The minimum absolute atomic E-state index is 0.308. The Morgan fingerprint density at radius 1 is 1.24 bits per heavy atom. The number of nitrogens with two attached hydrogens (primary N) is 1. The summed E-state index contributed by atoms with van der Waals surface area (Å²) in [7, 11) is 2.00. The number of aryl methyl sites for hydroxylation is 2. The Bertz CT molecular complexity index is 574. The second kappa shape index (κ2) is 6.87. The molecule has 0 amide bonds. The first-order valence-electron chi connectivity index (χ1n) is 7.52. The van der Waals surface area contributed by atoms with Gasteiger partial charge in [0.05, 0.1) is 5.69 Å². The number of aromatic nitrogens is 2. The highest BCUT2D eigenvalue weighted by atomic mass is 15.3. The van der Waals surface area contributed by atoms with Crippen LogP contribution in [0.3, 0.4) is 0 Å². The summed E-state index contributed by atoms with van der Waals surface area (Å²) in [4.78, 5) is 2.42. The van der Waals surface area contributed by atoms with Crippen LogP contribution < -0.4 is 5.73 Å². The Morgan fingerprint density at radius 3 is 2.43 bits per heavy atom. The highest BCUT2D eigenvalue weighted by Gasteiger charge is 2.22. The van der Waals surface area contributed by atoms with E-state index < -0.39 is 0 Å². The van der Waals surface area contributed by atoms with E-state index in [0.29, 0.717) is 12.6 Å². The van der Waals surface area contributed by atoms with E-state index in [9.17, 15) is 0 Å². The maximum absolute atomic E-state index is 5.82. The summed E-state index contributed by atoms with van der Waals surface area (Å²) >= 11 is 0. The van der Waals surface area contributed by atoms with E-state index in [1.54, 1.807) is 0 Å². The predicted octanol–water partition coefficient (Wildman–Crippen LogP) is 2.56. The van der Waals surface area contributed by atoms with Gasteiger partial charge in [-0.05, 0) is 26.3 Å². The molecule has 1 aromatic carbocycles. The van der Waals surface area contributed by atoms with Gasteiger partial charge in [0.15, 0.2) is 0 Å². The first kappa shape index (κ1) is 15.7. The van der Waals surface area contributed by atoms with Crippen molar-refractivity contribution in [3.05, 3.63) is 52.8 Å². The first-order valence-corrected chi connectivity index (χ1v) is 7.52. The lowest BCUT2D eigenvalue weighted by Crippen LogP contribution is -2.32. The van der Waals surface area contributed by atoms with Crippen LogP contribution in [0.15, 0.2) is 30.3 Å². The van der Waals surface area contributed by atoms with Gasteiger partial charge in [-0.3, -0.25) is 9.58 Å². The van der Waals surface area contributed by atoms with Gasteiger partial charge >= 0.3 is 0 Å². The van der Waals surface area contributed by atoms with Crippen molar-refractivity contribution < 1.29 is 0 Å². The normalized spacial score (nSPS) is 12.9. The molecule has 0 saturated carbocycles. The molecule has 21 heavy (non-hydrogen) atoms. The first-order chi connectivity index (χ1) is 10.0. The summed E-state index contributed by atoms with van der Waals surface area (Å²) in [6, 6.07) is 10.9. The van der Waals surface area contributed by atoms with Crippen molar-refractivity contribution in [3.8, 4) is 0 Å². The molecule has 0 aliphatic rings. The second-order valence-electron chi connectivity index (χ2n) is 5.63. The van der Waals surface area contributed by atoms with Gasteiger partial charge < -0.3 is 5.73 Å². The van der Waals surface area contributed by atoms with Crippen molar-refractivity contribution in [2.24, 2.45) is 12.8 Å². The number of benzene rings is 1. The summed E-state index contributed by atoms with van der Waals surface area (Å²) in [5.74, 6) is 0. The fourth-order valence-corrected chi connectivity index (χ4v) is 2.97. The van der Waals surface area contributed by atoms with E-state index in [4.69, 9.17) is 5.73 Å². The van der Waals surface area contributed by atoms with Crippen LogP contribution in [-0.4, -0.2) is 27.8 Å². The van der Waals surface area contributed by atoms with Crippen LogP contribution in [0, 0.1) is 13.8 Å². The van der Waals surface area contributed by atoms with Crippen LogP contribution in [0.5, 0.6) is 0 Å². The molecule has 2 N–H and O–H groups in total. The number of hydrogen-bond acceptors (Lipinski definition) is 3. The van der Waals surface area contributed by atoms with Crippen molar-refractivity contribution in [1.29, 1.82) is 0 Å². The molecule has 114 valence electrons. The van der Waals surface area contributed by atoms with Gasteiger partial charge in [0.2, 0.25) is 0 Å². The molecule has 0 aliphatic heterocycles. The molecule has 0 bridgehead atoms. The Labute approximate surface area is 127 Å². The summed E-state index contributed by atoms with van der Waals surface area (Å²) in [5.41, 5.74) is 10.8. The molecular formula is C17H26N4. The maximum atomic E-state index is 5.82. The van der Waals surface area contributed by atoms with Crippen LogP contribution in [0.1, 0.15) is 35.5 Å². The molecule has 0 aliphatic carbocycles. The standard InChI is InChI=1S/C17H26N4/c1-13-17(14(2)20(4)19-13)15(3)21(11-10-18)12-16-8-6-5-7-9-16/h5-9,15H,10-12,18H2,1-4H3. The van der Waals surface area contributed by atoms with Gasteiger partial charge in [0.25, 0.3) is 0 Å². The van der Waals surface area contributed by atoms with E-state index >= 15 is 0 Å². The fourth-order valence-electron chi connectivity index (χ4n) is 2.97. The molecule has 1 heterocycles. The largest absolute Gasteiger partial charge is 0.329 e. The molecule has 0 fully saturated rings. The average Bonchev–Trinajstić information content (AvgIpc) is 2.72. The smallest absolute Gasteiger partial charge is 0.0644 e. The quantitative estimate of drug-likeness (QED) is 0.888. The minimum Gasteiger partial charge on any atom is -0.329 e. The van der Waals surface area contributed by atoms with E-state index in [0.717, 1.165) is 18.8 Å². The minimum atomic E-state index is 0.308. The number of hydrogen-bond donors (Lipinski definition) is 1. The monoisotopic (exact) mass is 286 g/mol. The average molecular weight is 286 g/mol. The van der Waals surface area contributed by atoms with Gasteiger partial charge in [-0.1, -0.05) is 30.3 Å². The second-order valence-corrected chi connectivity index (χ2v) is 5.63. The maximum Gasteiger partial charge on any atom is 0.0644 e. The number of nitrogens with zero attached hydrogens (tertiary/aromatic N) is 3. The molecule has 2 aromatic rings. The Kier molecular flexibility index (Phi) is 5.15. The summed E-state index contributed by atoms with van der Waals surface area (Å²) in [5, 5.41) is 4.54. The van der Waals surface area contributed by atoms with E-state index in [1.165, 1.54) is 16.8 Å². The molecular weight excluding hydrogens is 260 g/mol. The van der Waals surface area contributed by atoms with Crippen LogP contribution in [0.4, 0.5) is 0 Å². The molecule has 2 rings (SSSR count). The van der Waals surface area contributed by atoms with Crippen LogP contribution in [-0.2, 0) is 13.6 Å². The van der Waals surface area contributed by atoms with Crippen molar-refractivity contribution in [2.75, 3.05) is 13.1 Å². The lowest BCUT2D eigenvalue weighted by atomic mass is 10.0. The Morgan fingerprint density at radius 2 is 1.90 bits per heavy atom. The van der Waals surface area contributed by atoms with Gasteiger partial charge in [0.1, 0.15) is 0 Å².